The third kappa shape index (κ3) is 1.33. The summed E-state index contributed by atoms with van der Waals surface area (Å²) in [6, 6.07) is 2.45. The molecule has 0 spiro atoms. The number of hydrogen-bond acceptors (Lipinski definition) is 3. The van der Waals surface area contributed by atoms with Gasteiger partial charge in [0.25, 0.3) is 0 Å². The van der Waals surface area contributed by atoms with E-state index in [1.54, 1.807) is 0 Å². The quantitative estimate of drug-likeness (QED) is 0.609. The van der Waals surface area contributed by atoms with Crippen molar-refractivity contribution < 1.29 is 0 Å². The van der Waals surface area contributed by atoms with Gasteiger partial charge in [-0.3, -0.25) is 4.90 Å². The fourth-order valence-corrected chi connectivity index (χ4v) is 1.89. The Morgan fingerprint density at radius 3 is 2.75 bits per heavy atom. The minimum atomic E-state index is -0.0496. The molecule has 1 saturated carbocycles. The van der Waals surface area contributed by atoms with Gasteiger partial charge in [-0.25, -0.2) is 0 Å². The third-order valence-corrected chi connectivity index (χ3v) is 2.88. The Balaban J connectivity index is 1.98. The van der Waals surface area contributed by atoms with Crippen molar-refractivity contribution in [1.82, 2.24) is 10.2 Å². The van der Waals surface area contributed by atoms with Crippen LogP contribution in [0.5, 0.6) is 0 Å². The topological polar surface area (TPSA) is 39.1 Å². The molecule has 0 aromatic carbocycles. The van der Waals surface area contributed by atoms with E-state index in [9.17, 15) is 0 Å². The Labute approximate surface area is 73.3 Å². The average molecular weight is 165 g/mol. The van der Waals surface area contributed by atoms with Crippen LogP contribution in [0.4, 0.5) is 0 Å². The average Bonchev–Trinajstić information content (AvgIpc) is 2.90. The predicted molar refractivity (Wildman–Crippen MR) is 46.6 cm³/mol. The van der Waals surface area contributed by atoms with Gasteiger partial charge >= 0.3 is 0 Å². The molecule has 1 aliphatic carbocycles. The maximum atomic E-state index is 8.99. The molecule has 2 rings (SSSR count). The van der Waals surface area contributed by atoms with Crippen molar-refractivity contribution in [1.29, 1.82) is 5.26 Å². The summed E-state index contributed by atoms with van der Waals surface area (Å²) in [5, 5.41) is 12.3. The lowest BCUT2D eigenvalue weighted by molar-refractivity contribution is 0.233. The van der Waals surface area contributed by atoms with Gasteiger partial charge in [-0.1, -0.05) is 0 Å². The van der Waals surface area contributed by atoms with Crippen molar-refractivity contribution >= 4 is 0 Å². The van der Waals surface area contributed by atoms with Crippen LogP contribution in [0.1, 0.15) is 19.3 Å². The van der Waals surface area contributed by atoms with Crippen LogP contribution in [0.15, 0.2) is 0 Å². The molecule has 3 heteroatoms. The van der Waals surface area contributed by atoms with E-state index in [2.05, 4.69) is 16.3 Å². The summed E-state index contributed by atoms with van der Waals surface area (Å²) in [4.78, 5) is 2.35. The highest BCUT2D eigenvalue weighted by Gasteiger charge is 2.48. The van der Waals surface area contributed by atoms with E-state index < -0.39 is 0 Å². The lowest BCUT2D eigenvalue weighted by Gasteiger charge is -2.24. The van der Waals surface area contributed by atoms with Gasteiger partial charge in [-0.15, -0.1) is 0 Å². The Bertz CT molecular complexity index is 194. The Morgan fingerprint density at radius 1 is 1.25 bits per heavy atom. The molecular formula is C9H15N3. The van der Waals surface area contributed by atoms with Crippen LogP contribution in [0.2, 0.25) is 0 Å². The zero-order valence-electron chi connectivity index (χ0n) is 7.34. The molecule has 1 aliphatic heterocycles. The largest absolute Gasteiger partial charge is 0.315 e. The highest BCUT2D eigenvalue weighted by atomic mass is 15.2. The third-order valence-electron chi connectivity index (χ3n) is 2.88. The molecular weight excluding hydrogens is 150 g/mol. The standard InChI is InChI=1S/C9H15N3/c10-8-9(2-3-9)12-6-1-4-11-5-7-12/h11H,1-7H2. The maximum Gasteiger partial charge on any atom is 0.109 e. The van der Waals surface area contributed by atoms with Crippen LogP contribution in [-0.2, 0) is 0 Å². The van der Waals surface area contributed by atoms with Crippen molar-refractivity contribution in [3.63, 3.8) is 0 Å². The predicted octanol–water partition coefficient (Wildman–Crippen LogP) is 0.338. The van der Waals surface area contributed by atoms with Gasteiger partial charge in [-0.2, -0.15) is 5.26 Å². The van der Waals surface area contributed by atoms with E-state index in [1.807, 2.05) is 0 Å². The molecule has 2 aliphatic rings. The Morgan fingerprint density at radius 2 is 2.08 bits per heavy atom. The summed E-state index contributed by atoms with van der Waals surface area (Å²) in [5.41, 5.74) is -0.0496. The molecule has 2 fully saturated rings. The first-order valence-corrected chi connectivity index (χ1v) is 4.74. The fraction of sp³-hybridized carbons (Fsp3) is 0.889. The van der Waals surface area contributed by atoms with E-state index >= 15 is 0 Å². The summed E-state index contributed by atoms with van der Waals surface area (Å²) in [5.74, 6) is 0. The molecule has 12 heavy (non-hydrogen) atoms. The van der Waals surface area contributed by atoms with E-state index in [0.717, 1.165) is 39.0 Å². The highest BCUT2D eigenvalue weighted by Crippen LogP contribution is 2.40. The van der Waals surface area contributed by atoms with Gasteiger partial charge in [-0.05, 0) is 25.8 Å². The fourth-order valence-electron chi connectivity index (χ4n) is 1.89. The van der Waals surface area contributed by atoms with Crippen LogP contribution in [0.3, 0.4) is 0 Å². The molecule has 0 amide bonds. The van der Waals surface area contributed by atoms with E-state index in [0.29, 0.717) is 0 Å². The van der Waals surface area contributed by atoms with E-state index in [1.165, 1.54) is 6.42 Å². The SMILES string of the molecule is N#CC1(N2CCCNCC2)CC1. The van der Waals surface area contributed by atoms with Gasteiger partial charge in [0.2, 0.25) is 0 Å². The number of nitrogens with one attached hydrogen (secondary N) is 1. The lowest BCUT2D eigenvalue weighted by atomic mass is 10.2. The van der Waals surface area contributed by atoms with Gasteiger partial charge in [0, 0.05) is 19.6 Å². The number of hydrogen-bond donors (Lipinski definition) is 1. The summed E-state index contributed by atoms with van der Waals surface area (Å²) < 4.78 is 0. The normalized spacial score (nSPS) is 28.9. The molecule has 0 aromatic rings. The molecule has 0 atom stereocenters. The van der Waals surface area contributed by atoms with Crippen molar-refractivity contribution in [2.75, 3.05) is 26.2 Å². The van der Waals surface area contributed by atoms with Crippen molar-refractivity contribution in [3.05, 3.63) is 0 Å². The summed E-state index contributed by atoms with van der Waals surface area (Å²) in [6.45, 7) is 4.30. The van der Waals surface area contributed by atoms with Crippen LogP contribution in [0, 0.1) is 11.3 Å². The molecule has 0 unspecified atom stereocenters. The number of rotatable bonds is 1. The van der Waals surface area contributed by atoms with Crippen LogP contribution >= 0.6 is 0 Å². The Hall–Kier alpha value is -0.590. The molecule has 1 N–H and O–H groups in total. The lowest BCUT2D eigenvalue weighted by Crippen LogP contribution is -2.38. The first kappa shape index (κ1) is 8.03. The van der Waals surface area contributed by atoms with E-state index in [4.69, 9.17) is 5.26 Å². The molecule has 0 bridgehead atoms. The van der Waals surface area contributed by atoms with E-state index in [-0.39, 0.29) is 5.54 Å². The first-order chi connectivity index (χ1) is 5.87. The molecule has 66 valence electrons. The molecule has 0 aromatic heterocycles. The molecule has 1 heterocycles. The van der Waals surface area contributed by atoms with Gasteiger partial charge < -0.3 is 5.32 Å². The smallest absolute Gasteiger partial charge is 0.109 e. The first-order valence-electron chi connectivity index (χ1n) is 4.74. The van der Waals surface area contributed by atoms with Crippen LogP contribution in [0.25, 0.3) is 0 Å². The zero-order valence-corrected chi connectivity index (χ0v) is 7.34. The molecule has 3 nitrogen and oxygen atoms in total. The maximum absolute atomic E-state index is 8.99. The second-order valence-electron chi connectivity index (χ2n) is 3.73. The van der Waals surface area contributed by atoms with Crippen molar-refractivity contribution in [2.45, 2.75) is 24.8 Å². The van der Waals surface area contributed by atoms with Gasteiger partial charge in [0.05, 0.1) is 6.07 Å². The van der Waals surface area contributed by atoms with Crippen LogP contribution in [-0.4, -0.2) is 36.6 Å². The monoisotopic (exact) mass is 165 g/mol. The highest BCUT2D eigenvalue weighted by molar-refractivity contribution is 5.19. The molecule has 1 saturated heterocycles. The molecule has 0 radical (unpaired) electrons. The number of nitriles is 1. The summed E-state index contributed by atoms with van der Waals surface area (Å²) >= 11 is 0. The second-order valence-corrected chi connectivity index (χ2v) is 3.73. The summed E-state index contributed by atoms with van der Waals surface area (Å²) in [7, 11) is 0. The Kier molecular flexibility index (Phi) is 2.03. The minimum Gasteiger partial charge on any atom is -0.315 e. The van der Waals surface area contributed by atoms with Gasteiger partial charge in [0.15, 0.2) is 0 Å². The van der Waals surface area contributed by atoms with Crippen molar-refractivity contribution in [2.24, 2.45) is 0 Å². The van der Waals surface area contributed by atoms with Crippen LogP contribution < -0.4 is 5.32 Å². The van der Waals surface area contributed by atoms with Gasteiger partial charge in [0.1, 0.15) is 5.54 Å². The minimum absolute atomic E-state index is 0.0496. The second kappa shape index (κ2) is 3.04. The zero-order chi connectivity index (χ0) is 8.44. The number of nitrogens with zero attached hydrogens (tertiary/aromatic N) is 2. The summed E-state index contributed by atoms with van der Waals surface area (Å²) in [6.07, 6.45) is 3.36. The van der Waals surface area contributed by atoms with Crippen molar-refractivity contribution in [3.8, 4) is 6.07 Å².